The van der Waals surface area contributed by atoms with Gasteiger partial charge >= 0.3 is 24.7 Å². The Bertz CT molecular complexity index is 8030. The Hall–Kier alpha value is -18.6. The Morgan fingerprint density at radius 1 is 0.288 bits per heavy atom. The minimum Gasteiger partial charge on any atom is -0.868 e. The average molecular weight is 1780 g/mol. The van der Waals surface area contributed by atoms with Crippen LogP contribution in [-0.4, -0.2) is 44.9 Å². The van der Waals surface area contributed by atoms with Crippen LogP contribution < -0.4 is 38.8 Å². The number of nitrogens with one attached hydrogen (secondary N) is 1. The fourth-order valence-corrected chi connectivity index (χ4v) is 19.6. The van der Waals surface area contributed by atoms with Crippen LogP contribution >= 0.6 is 0 Å². The van der Waals surface area contributed by atoms with Crippen molar-refractivity contribution in [1.29, 1.82) is 15.8 Å². The van der Waals surface area contributed by atoms with Crippen LogP contribution in [0.2, 0.25) is 0 Å². The fourth-order valence-electron chi connectivity index (χ4n) is 19.6. The van der Waals surface area contributed by atoms with Crippen LogP contribution in [0, 0.1) is 53.7 Å². The summed E-state index contributed by atoms with van der Waals surface area (Å²) >= 11 is 0. The monoisotopic (exact) mass is 1780 g/mol. The van der Waals surface area contributed by atoms with Crippen molar-refractivity contribution in [3.05, 3.63) is 443 Å². The SMILES string of the molecule is CC1(C)c2ccccc2-c2ccc(-c3nc(-c4ccc5c(c4)C(C)(C)c4ccccc4-5)nc(-c4ccc5c(c4)C(C)(C)c4ccccc4-5)n3)cc21.[C-]#[N+]c1nc2c(nc1C#N)c1nc(C#N)c(C#N)nc1c1nc([N+]#[C-])c([N+]#[C-])nc21.[Li+].[O-]c1cccc2ccc[nH+]c12.c1ccc(N(c2ccc(-c3ccc(N(c4ccccc4)c4cccc5ccccc45)cc3)cc2)c2cccc3ccccc23)cc1. The molecule has 5 heterocycles. The molecule has 1 N–H and O–H groups in total. The molecule has 0 amide bonds. The van der Waals surface area contributed by atoms with E-state index in [2.05, 4.69) is 422 Å². The second-order valence-electron chi connectivity index (χ2n) is 35.4. The third-order valence-corrected chi connectivity index (χ3v) is 26.4. The predicted molar refractivity (Wildman–Crippen MR) is 544 cm³/mol. The summed E-state index contributed by atoms with van der Waals surface area (Å²) in [5.41, 5.74) is 27.4. The molecular formula is C119H78LiN18O+. The van der Waals surface area contributed by atoms with E-state index in [4.69, 9.17) is 34.7 Å². The molecule has 21 aromatic rings. The molecule has 16 aromatic carbocycles. The molecule has 0 aliphatic heterocycles. The van der Waals surface area contributed by atoms with Crippen molar-refractivity contribution in [2.75, 3.05) is 9.80 Å². The molecule has 0 saturated heterocycles. The third kappa shape index (κ3) is 15.6. The summed E-state index contributed by atoms with van der Waals surface area (Å²) in [4.78, 5) is 57.7. The maximum atomic E-state index is 11.1. The number of aromatic amines is 1. The van der Waals surface area contributed by atoms with Gasteiger partial charge in [0.1, 0.15) is 34.8 Å². The van der Waals surface area contributed by atoms with Crippen molar-refractivity contribution in [2.24, 2.45) is 0 Å². The number of H-pyrrole nitrogens is 1. The van der Waals surface area contributed by atoms with Crippen molar-refractivity contribution in [2.45, 2.75) is 57.8 Å². The summed E-state index contributed by atoms with van der Waals surface area (Å²) in [5.74, 6) is 1.23. The zero-order chi connectivity index (χ0) is 94.7. The first-order chi connectivity index (χ1) is 67.3. The van der Waals surface area contributed by atoms with Gasteiger partial charge in [0, 0.05) is 77.9 Å². The largest absolute Gasteiger partial charge is 1.00 e. The maximum Gasteiger partial charge on any atom is 1.00 e. The van der Waals surface area contributed by atoms with Crippen LogP contribution in [0.25, 0.3) is 159 Å². The van der Waals surface area contributed by atoms with E-state index in [1.165, 1.54) is 99.4 Å². The number of hydrogen-bond acceptors (Lipinski definition) is 15. The van der Waals surface area contributed by atoms with Crippen molar-refractivity contribution in [1.82, 2.24) is 44.9 Å². The van der Waals surface area contributed by atoms with Gasteiger partial charge in [-0.2, -0.15) is 15.8 Å². The third-order valence-electron chi connectivity index (χ3n) is 26.4. The first kappa shape index (κ1) is 88.3. The Morgan fingerprint density at radius 2 is 0.590 bits per heavy atom. The molecule has 0 bridgehead atoms. The molecule has 0 radical (unpaired) electrons. The number of nitrogens with zero attached hydrogens (tertiary/aromatic N) is 17. The zero-order valence-electron chi connectivity index (χ0n) is 76.6. The van der Waals surface area contributed by atoms with Crippen LogP contribution in [-0.2, 0) is 16.2 Å². The molecule has 0 fully saturated rings. The molecule has 20 heteroatoms. The number of anilines is 6. The summed E-state index contributed by atoms with van der Waals surface area (Å²) in [6.45, 7) is 35.6. The topological polar surface area (TPSA) is 244 Å². The molecule has 0 atom stereocenters. The summed E-state index contributed by atoms with van der Waals surface area (Å²) < 4.78 is 0. The van der Waals surface area contributed by atoms with Gasteiger partial charge in [-0.3, -0.25) is 0 Å². The Balaban J connectivity index is 0.000000124. The molecule has 24 rings (SSSR count). The number of pyridine rings is 1. The number of aromatic nitrogens is 10. The van der Waals surface area contributed by atoms with E-state index >= 15 is 0 Å². The Morgan fingerprint density at radius 3 is 0.971 bits per heavy atom. The van der Waals surface area contributed by atoms with Gasteiger partial charge in [-0.05, 0) is 185 Å². The number of fused-ring (bicyclic) bond motifs is 18. The van der Waals surface area contributed by atoms with E-state index in [0.717, 1.165) is 56.2 Å². The zero-order valence-corrected chi connectivity index (χ0v) is 76.6. The average Bonchev–Trinajstić information content (AvgIpc) is 1.62. The second kappa shape index (κ2) is 36.1. The number of benzene rings is 16. The maximum absolute atomic E-state index is 11.1. The van der Waals surface area contributed by atoms with Crippen molar-refractivity contribution in [3.8, 4) is 103 Å². The van der Waals surface area contributed by atoms with Crippen LogP contribution in [0.4, 0.5) is 51.6 Å². The number of hydrogen-bond donors (Lipinski definition) is 0. The van der Waals surface area contributed by atoms with E-state index in [0.29, 0.717) is 23.0 Å². The molecule has 19 nitrogen and oxygen atoms in total. The van der Waals surface area contributed by atoms with E-state index < -0.39 is 0 Å². The summed E-state index contributed by atoms with van der Waals surface area (Å²) in [7, 11) is 0. The fraction of sp³-hybridized carbons (Fsp3) is 0.0756. The molecule has 650 valence electrons. The van der Waals surface area contributed by atoms with E-state index in [-0.39, 0.29) is 108 Å². The van der Waals surface area contributed by atoms with E-state index in [1.807, 2.05) is 18.2 Å². The van der Waals surface area contributed by atoms with E-state index in [9.17, 15) is 20.9 Å². The quantitative estimate of drug-likeness (QED) is 0.0702. The molecule has 0 unspecified atom stereocenters. The van der Waals surface area contributed by atoms with Gasteiger partial charge in [0.15, 0.2) is 40.8 Å². The van der Waals surface area contributed by atoms with Crippen molar-refractivity contribution < 1.29 is 29.0 Å². The normalized spacial score (nSPS) is 12.5. The molecule has 0 spiro atoms. The summed E-state index contributed by atoms with van der Waals surface area (Å²) in [6.07, 6.45) is 1.75. The second-order valence-corrected chi connectivity index (χ2v) is 35.4. The molecule has 0 saturated carbocycles. The summed E-state index contributed by atoms with van der Waals surface area (Å²) in [6, 6.07) is 130. The van der Waals surface area contributed by atoms with Gasteiger partial charge in [-0.15, -0.1) is 15.0 Å². The molecule has 5 aromatic heterocycles. The standard InChI is InChI=1S/C48H39N3.C44H32N2.C18N12.C9H7NO.Li/c1-46(2)37-16-10-7-13-31(37)34-22-19-28(25-40(34)46)43-49-44(29-20-23-35-32-14-8-11-17-38(32)47(3,4)41(35)26-29)51-45(50-43)30-21-24-36-33-15-9-12-18-39(33)48(5,6)42(36)27-30;1-3-17-37(18-4-1)45(43-23-11-15-35-13-7-9-21-41(35)43)39-29-25-33(26-30-39)34-27-31-40(32-28-34)46(38-19-5-2-6-20-38)44-24-12-16-36-14-8-10-22-42(36)44;1-22-16-9(6-21)27-12-10-11(26-8(5-20)7(4-19)25-10)14-15(13(12)28-16)30-18(24-3)17(23-2)29-14;11-8-5-1-3-7-4-2-6-10-9(7)8;/h7-27H,1-6H3;1-32H;;1-6,11H;/q;;;;+1. The molecule has 3 aliphatic carbocycles. The minimum atomic E-state index is -0.298. The molecular weight excluding hydrogens is 1700 g/mol. The van der Waals surface area contributed by atoms with Crippen LogP contribution in [0.3, 0.4) is 0 Å². The van der Waals surface area contributed by atoms with Crippen molar-refractivity contribution >= 4 is 117 Å². The van der Waals surface area contributed by atoms with Gasteiger partial charge in [0.25, 0.3) is 17.2 Å². The first-order valence-electron chi connectivity index (χ1n) is 44.9. The van der Waals surface area contributed by atoms with Crippen LogP contribution in [0.5, 0.6) is 5.75 Å². The van der Waals surface area contributed by atoms with Gasteiger partial charge in [0.05, 0.1) is 11.4 Å². The first-order valence-corrected chi connectivity index (χ1v) is 44.9. The van der Waals surface area contributed by atoms with Gasteiger partial charge in [-0.1, -0.05) is 316 Å². The van der Waals surface area contributed by atoms with Crippen LogP contribution in [0.1, 0.15) is 92.0 Å². The number of rotatable bonds is 10. The summed E-state index contributed by atoms with van der Waals surface area (Å²) in [5, 5.41) is 44.9. The predicted octanol–water partition coefficient (Wildman–Crippen LogP) is 24.9. The molecule has 139 heavy (non-hydrogen) atoms. The smallest absolute Gasteiger partial charge is 0.868 e. The van der Waals surface area contributed by atoms with Gasteiger partial charge < -0.3 is 29.4 Å². The Labute approximate surface area is 814 Å². The van der Waals surface area contributed by atoms with E-state index in [1.54, 1.807) is 36.5 Å². The van der Waals surface area contributed by atoms with Crippen molar-refractivity contribution in [3.63, 3.8) is 0 Å². The minimum absolute atomic E-state index is 0. The van der Waals surface area contributed by atoms with Crippen LogP contribution in [0.15, 0.2) is 358 Å². The number of nitriles is 3. The Kier molecular flexibility index (Phi) is 22.9. The molecule has 3 aliphatic rings. The number of para-hydroxylation sites is 3. The van der Waals surface area contributed by atoms with Gasteiger partial charge in [-0.25, -0.2) is 34.9 Å². The van der Waals surface area contributed by atoms with Gasteiger partial charge in [0.2, 0.25) is 16.6 Å².